The van der Waals surface area contributed by atoms with Gasteiger partial charge in [-0.2, -0.15) is 0 Å². The summed E-state index contributed by atoms with van der Waals surface area (Å²) < 4.78 is 12.0. The Morgan fingerprint density at radius 3 is 2.29 bits per heavy atom. The highest BCUT2D eigenvalue weighted by Gasteiger charge is 2.43. The Morgan fingerprint density at radius 2 is 1.75 bits per heavy atom. The largest absolute Gasteiger partial charge is 0.494 e. The first-order chi connectivity index (χ1) is 11.5. The van der Waals surface area contributed by atoms with Gasteiger partial charge in [-0.25, -0.2) is 0 Å². The van der Waals surface area contributed by atoms with Crippen LogP contribution in [-0.4, -0.2) is 18.8 Å². The van der Waals surface area contributed by atoms with E-state index < -0.39 is 0 Å². The van der Waals surface area contributed by atoms with Crippen molar-refractivity contribution in [2.45, 2.75) is 32.5 Å². The van der Waals surface area contributed by atoms with Crippen molar-refractivity contribution in [1.29, 1.82) is 0 Å². The first kappa shape index (κ1) is 16.8. The molecule has 0 bridgehead atoms. The number of rotatable bonds is 4. The van der Waals surface area contributed by atoms with E-state index in [9.17, 15) is 0 Å². The van der Waals surface area contributed by atoms with Crippen molar-refractivity contribution in [1.82, 2.24) is 0 Å². The Bertz CT molecular complexity index is 762. The molecule has 0 aromatic heterocycles. The third kappa shape index (κ3) is 2.97. The van der Waals surface area contributed by atoms with E-state index in [0.717, 1.165) is 27.7 Å². The van der Waals surface area contributed by atoms with E-state index in [2.05, 4.69) is 57.3 Å². The van der Waals surface area contributed by atoms with Crippen molar-refractivity contribution in [3.8, 4) is 11.1 Å². The van der Waals surface area contributed by atoms with Crippen molar-refractivity contribution >= 4 is 24.7 Å². The van der Waals surface area contributed by atoms with Crippen molar-refractivity contribution in [3.05, 3.63) is 66.7 Å². The maximum atomic E-state index is 6.02. The molecule has 0 N–H and O–H groups in total. The fraction of sp³-hybridized carbons (Fsp3) is 0.238. The molecule has 1 aliphatic rings. The van der Waals surface area contributed by atoms with Crippen LogP contribution in [-0.2, 0) is 9.31 Å². The number of hydrogen-bond donors (Lipinski definition) is 0. The second-order valence-electron chi connectivity index (χ2n) is 6.67. The van der Waals surface area contributed by atoms with Gasteiger partial charge in [0.25, 0.3) is 0 Å². The van der Waals surface area contributed by atoms with E-state index in [1.165, 1.54) is 0 Å². The van der Waals surface area contributed by atoms with Crippen molar-refractivity contribution < 1.29 is 9.31 Å². The standard InChI is InChI=1S/C21H23BO2/c1-6-16-9-8-10-20(19(16)7-2)17-11-13-18(14-12-17)22-23-15(3)21(4,5)24-22/h6-15H,1-2H2,3-5H3. The molecule has 1 unspecified atom stereocenters. The smallest absolute Gasteiger partial charge is 0.402 e. The molecule has 2 nitrogen and oxygen atoms in total. The number of hydrogen-bond acceptors (Lipinski definition) is 2. The Balaban J connectivity index is 1.91. The zero-order valence-electron chi connectivity index (χ0n) is 14.6. The Hall–Kier alpha value is -2.10. The summed E-state index contributed by atoms with van der Waals surface area (Å²) in [7, 11) is -0.303. The van der Waals surface area contributed by atoms with Crippen molar-refractivity contribution in [3.63, 3.8) is 0 Å². The molecule has 0 radical (unpaired) electrons. The Morgan fingerprint density at radius 1 is 1.04 bits per heavy atom. The third-order valence-corrected chi connectivity index (χ3v) is 4.78. The molecule has 1 fully saturated rings. The van der Waals surface area contributed by atoms with Gasteiger partial charge in [-0.15, -0.1) is 0 Å². The van der Waals surface area contributed by atoms with Crippen LogP contribution in [0.5, 0.6) is 0 Å². The van der Waals surface area contributed by atoms with Crippen LogP contribution in [0.25, 0.3) is 23.3 Å². The minimum absolute atomic E-state index is 0.0683. The van der Waals surface area contributed by atoms with Gasteiger partial charge in [0.15, 0.2) is 0 Å². The van der Waals surface area contributed by atoms with Crippen LogP contribution in [0.4, 0.5) is 0 Å². The van der Waals surface area contributed by atoms with Crippen LogP contribution in [0, 0.1) is 0 Å². The Kier molecular flexibility index (Phi) is 4.48. The lowest BCUT2D eigenvalue weighted by molar-refractivity contribution is 0.0842. The maximum Gasteiger partial charge on any atom is 0.494 e. The summed E-state index contributed by atoms with van der Waals surface area (Å²) in [5.74, 6) is 0. The quantitative estimate of drug-likeness (QED) is 0.770. The van der Waals surface area contributed by atoms with Gasteiger partial charge >= 0.3 is 7.12 Å². The highest BCUT2D eigenvalue weighted by atomic mass is 16.7. The summed E-state index contributed by atoms with van der Waals surface area (Å²) in [6.07, 6.45) is 3.81. The van der Waals surface area contributed by atoms with Gasteiger partial charge in [-0.05, 0) is 48.5 Å². The molecule has 0 spiro atoms. The summed E-state index contributed by atoms with van der Waals surface area (Å²) in [5, 5.41) is 0. The second kappa shape index (κ2) is 6.42. The maximum absolute atomic E-state index is 6.02. The van der Waals surface area contributed by atoms with Gasteiger partial charge in [0.2, 0.25) is 0 Å². The average molecular weight is 318 g/mol. The predicted molar refractivity (Wildman–Crippen MR) is 103 cm³/mol. The van der Waals surface area contributed by atoms with Crippen LogP contribution in [0.1, 0.15) is 31.9 Å². The topological polar surface area (TPSA) is 18.5 Å². The second-order valence-corrected chi connectivity index (χ2v) is 6.67. The normalized spacial score (nSPS) is 19.3. The van der Waals surface area contributed by atoms with Crippen LogP contribution >= 0.6 is 0 Å². The molecule has 3 rings (SSSR count). The third-order valence-electron chi connectivity index (χ3n) is 4.78. The summed E-state index contributed by atoms with van der Waals surface area (Å²) in [4.78, 5) is 0. The van der Waals surface area contributed by atoms with Crippen LogP contribution in [0.15, 0.2) is 55.6 Å². The summed E-state index contributed by atoms with van der Waals surface area (Å²) in [6.45, 7) is 14.0. The molecule has 0 amide bonds. The van der Waals surface area contributed by atoms with Crippen molar-refractivity contribution in [2.24, 2.45) is 0 Å². The molecular weight excluding hydrogens is 295 g/mol. The highest BCUT2D eigenvalue weighted by Crippen LogP contribution is 2.29. The zero-order chi connectivity index (χ0) is 17.3. The molecule has 122 valence electrons. The van der Waals surface area contributed by atoms with E-state index in [0.29, 0.717) is 0 Å². The Labute approximate surface area is 145 Å². The lowest BCUT2D eigenvalue weighted by Crippen LogP contribution is -2.34. The molecule has 24 heavy (non-hydrogen) atoms. The fourth-order valence-electron chi connectivity index (χ4n) is 2.96. The molecule has 1 heterocycles. The van der Waals surface area contributed by atoms with Crippen LogP contribution in [0.3, 0.4) is 0 Å². The van der Waals surface area contributed by atoms with Gasteiger partial charge in [0, 0.05) is 0 Å². The summed E-state index contributed by atoms with van der Waals surface area (Å²) in [5.41, 5.74) is 5.25. The molecule has 1 aliphatic heterocycles. The van der Waals surface area contributed by atoms with Gasteiger partial charge in [-0.3, -0.25) is 0 Å². The van der Waals surface area contributed by atoms with Crippen LogP contribution < -0.4 is 5.46 Å². The van der Waals surface area contributed by atoms with E-state index in [1.807, 2.05) is 31.2 Å². The zero-order valence-corrected chi connectivity index (χ0v) is 14.6. The SMILES string of the molecule is C=Cc1cccc(-c2ccc(B3OC(C)C(C)(C)O3)cc2)c1C=C. The first-order valence-corrected chi connectivity index (χ1v) is 8.28. The summed E-state index contributed by atoms with van der Waals surface area (Å²) in [6, 6.07) is 14.5. The predicted octanol–water partition coefficient (Wildman–Crippen LogP) is 4.55. The molecular formula is C21H23BO2. The molecule has 1 saturated heterocycles. The molecule has 0 saturated carbocycles. The fourth-order valence-corrected chi connectivity index (χ4v) is 2.96. The minimum atomic E-state index is -0.303. The number of benzene rings is 2. The molecule has 2 aromatic rings. The van der Waals surface area contributed by atoms with Crippen molar-refractivity contribution in [2.75, 3.05) is 0 Å². The van der Waals surface area contributed by atoms with Gasteiger partial charge in [0.1, 0.15) is 0 Å². The van der Waals surface area contributed by atoms with Gasteiger partial charge < -0.3 is 9.31 Å². The monoisotopic (exact) mass is 318 g/mol. The first-order valence-electron chi connectivity index (χ1n) is 8.28. The van der Waals surface area contributed by atoms with Gasteiger partial charge in [0.05, 0.1) is 11.7 Å². The summed E-state index contributed by atoms with van der Waals surface area (Å²) >= 11 is 0. The lowest BCUT2D eigenvalue weighted by atomic mass is 9.78. The van der Waals surface area contributed by atoms with E-state index in [1.54, 1.807) is 0 Å². The molecule has 1 atom stereocenters. The van der Waals surface area contributed by atoms with Gasteiger partial charge in [-0.1, -0.05) is 67.8 Å². The molecule has 0 aliphatic carbocycles. The van der Waals surface area contributed by atoms with E-state index in [-0.39, 0.29) is 18.8 Å². The average Bonchev–Trinajstić information content (AvgIpc) is 2.87. The highest BCUT2D eigenvalue weighted by molar-refractivity contribution is 6.62. The lowest BCUT2D eigenvalue weighted by Gasteiger charge is -2.21. The van der Waals surface area contributed by atoms with E-state index in [4.69, 9.17) is 9.31 Å². The van der Waals surface area contributed by atoms with Crippen LogP contribution in [0.2, 0.25) is 0 Å². The minimum Gasteiger partial charge on any atom is -0.402 e. The van der Waals surface area contributed by atoms with E-state index >= 15 is 0 Å². The molecule has 3 heteroatoms. The molecule has 2 aromatic carbocycles.